The highest BCUT2D eigenvalue weighted by atomic mass is 79.9. The van der Waals surface area contributed by atoms with Crippen LogP contribution in [0.25, 0.3) is 0 Å². The van der Waals surface area contributed by atoms with Crippen molar-refractivity contribution in [3.8, 4) is 0 Å². The summed E-state index contributed by atoms with van der Waals surface area (Å²) in [6.45, 7) is 6.87. The van der Waals surface area contributed by atoms with Crippen LogP contribution in [0.5, 0.6) is 0 Å². The van der Waals surface area contributed by atoms with E-state index in [0.717, 1.165) is 21.9 Å². The lowest BCUT2D eigenvalue weighted by atomic mass is 10.1. The zero-order valence-corrected chi connectivity index (χ0v) is 17.5. The largest absolute Gasteiger partial charge is 0.350 e. The molecule has 2 aromatic carbocycles. The number of carbonyl (C=O) groups is 3. The molecule has 0 saturated carbocycles. The number of amides is 2. The van der Waals surface area contributed by atoms with E-state index in [-0.39, 0.29) is 23.9 Å². The van der Waals surface area contributed by atoms with Crippen molar-refractivity contribution in [2.24, 2.45) is 0 Å². The van der Waals surface area contributed by atoms with Crippen molar-refractivity contribution in [2.45, 2.75) is 39.8 Å². The molecular weight excluding hydrogens is 408 g/mol. The molecule has 6 heteroatoms. The first kappa shape index (κ1) is 22.6. The zero-order valence-electron chi connectivity index (χ0n) is 16.0. The summed E-state index contributed by atoms with van der Waals surface area (Å²) in [7, 11) is 0. The van der Waals surface area contributed by atoms with E-state index in [4.69, 9.17) is 0 Å². The number of nitrogens with one attached hydrogen (secondary N) is 2. The van der Waals surface area contributed by atoms with Crippen LogP contribution in [0.1, 0.15) is 61.3 Å². The van der Waals surface area contributed by atoms with Crippen LogP contribution in [0, 0.1) is 0 Å². The quantitative estimate of drug-likeness (QED) is 0.689. The molecule has 0 unspecified atom stereocenters. The van der Waals surface area contributed by atoms with E-state index >= 15 is 0 Å². The number of halogens is 1. The molecule has 0 aliphatic rings. The van der Waals surface area contributed by atoms with E-state index < -0.39 is 0 Å². The first-order valence-electron chi connectivity index (χ1n) is 8.57. The molecule has 0 bridgehead atoms. The van der Waals surface area contributed by atoms with E-state index in [1.807, 2.05) is 50.2 Å². The molecule has 2 atom stereocenters. The minimum atomic E-state index is -0.0584. The molecule has 0 aromatic heterocycles. The van der Waals surface area contributed by atoms with Crippen LogP contribution in [0.3, 0.4) is 0 Å². The van der Waals surface area contributed by atoms with E-state index in [0.29, 0.717) is 5.56 Å². The van der Waals surface area contributed by atoms with E-state index in [1.54, 1.807) is 12.1 Å². The Balaban J connectivity index is 0.000000271. The second kappa shape index (κ2) is 11.3. The average molecular weight is 433 g/mol. The molecule has 0 aliphatic carbocycles. The molecule has 2 N–H and O–H groups in total. The minimum Gasteiger partial charge on any atom is -0.350 e. The van der Waals surface area contributed by atoms with Crippen LogP contribution in [-0.4, -0.2) is 18.1 Å². The first-order valence-corrected chi connectivity index (χ1v) is 9.37. The van der Waals surface area contributed by atoms with Gasteiger partial charge in [0.1, 0.15) is 6.29 Å². The third-order valence-electron chi connectivity index (χ3n) is 3.78. The zero-order chi connectivity index (χ0) is 20.4. The van der Waals surface area contributed by atoms with Gasteiger partial charge in [0.15, 0.2) is 0 Å². The van der Waals surface area contributed by atoms with E-state index in [9.17, 15) is 14.4 Å². The van der Waals surface area contributed by atoms with Gasteiger partial charge in [0.2, 0.25) is 11.8 Å². The Labute approximate surface area is 168 Å². The molecule has 0 fully saturated rings. The SMILES string of the molecule is CC(=O)N[C@@H](C)c1ccc(Br)cc1.CC(=O)N[C@@H](C)c1ccc(C=O)cc1. The van der Waals surface area contributed by atoms with Crippen molar-refractivity contribution >= 4 is 34.0 Å². The Morgan fingerprint density at radius 2 is 1.19 bits per heavy atom. The molecular formula is C21H25BrN2O3. The predicted octanol–water partition coefficient (Wildman–Crippen LogP) is 4.34. The van der Waals surface area contributed by atoms with Crippen LogP contribution in [-0.2, 0) is 9.59 Å². The van der Waals surface area contributed by atoms with Gasteiger partial charge in [0.05, 0.1) is 12.1 Å². The van der Waals surface area contributed by atoms with Gasteiger partial charge in [-0.2, -0.15) is 0 Å². The predicted molar refractivity (Wildman–Crippen MR) is 110 cm³/mol. The molecule has 0 radical (unpaired) electrons. The molecule has 144 valence electrons. The van der Waals surface area contributed by atoms with Crippen LogP contribution >= 0.6 is 15.9 Å². The maximum absolute atomic E-state index is 10.8. The lowest BCUT2D eigenvalue weighted by Gasteiger charge is -2.12. The van der Waals surface area contributed by atoms with Crippen LogP contribution in [0.4, 0.5) is 0 Å². The van der Waals surface area contributed by atoms with Gasteiger partial charge in [0, 0.05) is 23.9 Å². The number of carbonyl (C=O) groups excluding carboxylic acids is 3. The Morgan fingerprint density at radius 1 is 0.815 bits per heavy atom. The van der Waals surface area contributed by atoms with Crippen molar-refractivity contribution in [2.75, 3.05) is 0 Å². The van der Waals surface area contributed by atoms with Crippen molar-refractivity contribution in [1.29, 1.82) is 0 Å². The van der Waals surface area contributed by atoms with Crippen molar-refractivity contribution < 1.29 is 14.4 Å². The van der Waals surface area contributed by atoms with Crippen molar-refractivity contribution in [1.82, 2.24) is 10.6 Å². The normalized spacial score (nSPS) is 12.0. The number of rotatable bonds is 5. The highest BCUT2D eigenvalue weighted by Gasteiger charge is 2.06. The van der Waals surface area contributed by atoms with Gasteiger partial charge in [-0.25, -0.2) is 0 Å². The van der Waals surface area contributed by atoms with E-state index in [2.05, 4.69) is 26.6 Å². The lowest BCUT2D eigenvalue weighted by molar-refractivity contribution is -0.120. The highest BCUT2D eigenvalue weighted by Crippen LogP contribution is 2.16. The Morgan fingerprint density at radius 3 is 1.52 bits per heavy atom. The van der Waals surface area contributed by atoms with Gasteiger partial charge in [-0.15, -0.1) is 0 Å². The summed E-state index contributed by atoms with van der Waals surface area (Å²) in [5.74, 6) is -0.0626. The van der Waals surface area contributed by atoms with Gasteiger partial charge in [-0.3, -0.25) is 14.4 Å². The fraction of sp³-hybridized carbons (Fsp3) is 0.286. The molecule has 27 heavy (non-hydrogen) atoms. The van der Waals surface area contributed by atoms with Crippen LogP contribution < -0.4 is 10.6 Å². The standard InChI is InChI=1S/C11H13NO2.C10H12BrNO/c1-8(12-9(2)14)11-5-3-10(7-13)4-6-11;1-7(12-8(2)13)9-3-5-10(11)6-4-9/h3-8H,1-2H3,(H,12,14);3-7H,1-2H3,(H,12,13)/t8-;7-/m00/s1. The molecule has 0 heterocycles. The maximum Gasteiger partial charge on any atom is 0.217 e. The van der Waals surface area contributed by atoms with E-state index in [1.165, 1.54) is 13.8 Å². The minimum absolute atomic E-state index is 0.00424. The molecule has 2 rings (SSSR count). The van der Waals surface area contributed by atoms with Crippen molar-refractivity contribution in [3.05, 3.63) is 69.7 Å². The number of hydrogen-bond donors (Lipinski definition) is 2. The Bertz CT molecular complexity index is 758. The Hall–Kier alpha value is -2.47. The van der Waals surface area contributed by atoms with Gasteiger partial charge in [-0.05, 0) is 37.1 Å². The van der Waals surface area contributed by atoms with Gasteiger partial charge >= 0.3 is 0 Å². The molecule has 5 nitrogen and oxygen atoms in total. The monoisotopic (exact) mass is 432 g/mol. The molecule has 0 aliphatic heterocycles. The first-order chi connectivity index (χ1) is 12.7. The van der Waals surface area contributed by atoms with Crippen LogP contribution in [0.15, 0.2) is 53.0 Å². The molecule has 0 spiro atoms. The van der Waals surface area contributed by atoms with Crippen LogP contribution in [0.2, 0.25) is 0 Å². The summed E-state index contributed by atoms with van der Waals surface area (Å²) in [6, 6.07) is 15.1. The second-order valence-electron chi connectivity index (χ2n) is 6.18. The molecule has 0 saturated heterocycles. The maximum atomic E-state index is 10.8. The summed E-state index contributed by atoms with van der Waals surface area (Å²) in [6.07, 6.45) is 0.798. The summed E-state index contributed by atoms with van der Waals surface area (Å²) >= 11 is 3.36. The number of hydrogen-bond acceptors (Lipinski definition) is 3. The van der Waals surface area contributed by atoms with Crippen molar-refractivity contribution in [3.63, 3.8) is 0 Å². The average Bonchev–Trinajstić information content (AvgIpc) is 2.61. The fourth-order valence-corrected chi connectivity index (χ4v) is 2.66. The topological polar surface area (TPSA) is 75.3 Å². The van der Waals surface area contributed by atoms with Gasteiger partial charge < -0.3 is 10.6 Å². The molecule has 2 amide bonds. The smallest absolute Gasteiger partial charge is 0.217 e. The van der Waals surface area contributed by atoms with Gasteiger partial charge in [0.25, 0.3) is 0 Å². The number of aldehydes is 1. The second-order valence-corrected chi connectivity index (χ2v) is 7.10. The summed E-state index contributed by atoms with van der Waals surface area (Å²) in [5.41, 5.74) is 2.74. The third-order valence-corrected chi connectivity index (χ3v) is 4.31. The summed E-state index contributed by atoms with van der Waals surface area (Å²) in [4.78, 5) is 32.0. The lowest BCUT2D eigenvalue weighted by Crippen LogP contribution is -2.23. The molecule has 2 aromatic rings. The summed E-state index contributed by atoms with van der Waals surface area (Å²) < 4.78 is 1.05. The highest BCUT2D eigenvalue weighted by molar-refractivity contribution is 9.10. The summed E-state index contributed by atoms with van der Waals surface area (Å²) in [5, 5.41) is 5.59. The number of benzene rings is 2. The fourth-order valence-electron chi connectivity index (χ4n) is 2.39. The Kier molecular flexibility index (Phi) is 9.44. The third kappa shape index (κ3) is 8.64. The van der Waals surface area contributed by atoms with Gasteiger partial charge in [-0.1, -0.05) is 52.3 Å².